The largest absolute Gasteiger partial charge is 0.469 e. The van der Waals surface area contributed by atoms with E-state index >= 15 is 0 Å². The number of rotatable bonds is 1. The molecule has 2 nitrogen and oxygen atoms in total. The molecule has 0 heterocycles. The summed E-state index contributed by atoms with van der Waals surface area (Å²) in [5.74, 6) is 0.154. The zero-order chi connectivity index (χ0) is 7.90. The van der Waals surface area contributed by atoms with Gasteiger partial charge in [-0.1, -0.05) is 12.2 Å². The van der Waals surface area contributed by atoms with Crippen molar-refractivity contribution in [3.05, 3.63) is 12.2 Å². The van der Waals surface area contributed by atoms with Gasteiger partial charge in [-0.15, -0.1) is 0 Å². The smallest absolute Gasteiger partial charge is 0.308 e. The van der Waals surface area contributed by atoms with Crippen molar-refractivity contribution in [1.29, 1.82) is 0 Å². The summed E-state index contributed by atoms with van der Waals surface area (Å²) in [5.41, 5.74) is 0.416. The van der Waals surface area contributed by atoms with Crippen LogP contribution in [-0.2, 0) is 9.53 Å². The highest BCUT2D eigenvalue weighted by Crippen LogP contribution is 2.54. The molecule has 1 fully saturated rings. The number of carbonyl (C=O) groups excluding carboxylic acids is 1. The number of ether oxygens (including phenoxy) is 1. The highest BCUT2D eigenvalue weighted by molar-refractivity contribution is 5.74. The van der Waals surface area contributed by atoms with Crippen LogP contribution in [0.3, 0.4) is 0 Å². The Morgan fingerprint density at radius 3 is 2.64 bits per heavy atom. The Kier molecular flexibility index (Phi) is 1.31. The fourth-order valence-corrected chi connectivity index (χ4v) is 2.01. The first-order valence-electron chi connectivity index (χ1n) is 4.01. The predicted octanol–water partition coefficient (Wildman–Crippen LogP) is 1.52. The van der Waals surface area contributed by atoms with Gasteiger partial charge in [0.25, 0.3) is 0 Å². The first-order chi connectivity index (χ1) is 5.26. The first kappa shape index (κ1) is 6.89. The third-order valence-corrected chi connectivity index (χ3v) is 2.84. The minimum atomic E-state index is -0.0316. The summed E-state index contributed by atoms with van der Waals surface area (Å²) in [6, 6.07) is 0. The monoisotopic (exact) mass is 152 g/mol. The summed E-state index contributed by atoms with van der Waals surface area (Å²) in [4.78, 5) is 11.0. The Morgan fingerprint density at radius 1 is 1.64 bits per heavy atom. The molecule has 11 heavy (non-hydrogen) atoms. The molecule has 2 aliphatic rings. The number of carbonyl (C=O) groups is 1. The van der Waals surface area contributed by atoms with Crippen LogP contribution in [0.4, 0.5) is 0 Å². The van der Waals surface area contributed by atoms with Crippen molar-refractivity contribution in [3.8, 4) is 0 Å². The normalized spacial score (nSPS) is 39.5. The molecule has 0 bridgehead atoms. The first-order valence-corrected chi connectivity index (χ1v) is 4.01. The molecule has 1 saturated carbocycles. The molecular weight excluding hydrogens is 140 g/mol. The number of methoxy groups -OCH3 is 1. The van der Waals surface area contributed by atoms with Gasteiger partial charge >= 0.3 is 5.97 Å². The van der Waals surface area contributed by atoms with E-state index in [1.54, 1.807) is 0 Å². The maximum absolute atomic E-state index is 11.0. The Morgan fingerprint density at radius 2 is 2.27 bits per heavy atom. The van der Waals surface area contributed by atoms with E-state index in [1.807, 2.05) is 0 Å². The topological polar surface area (TPSA) is 26.3 Å². The van der Waals surface area contributed by atoms with Crippen LogP contribution in [0.1, 0.15) is 19.3 Å². The Hall–Kier alpha value is -0.790. The summed E-state index contributed by atoms with van der Waals surface area (Å²) in [5, 5.41) is 0. The van der Waals surface area contributed by atoms with Crippen molar-refractivity contribution in [1.82, 2.24) is 0 Å². The molecule has 0 atom stereocenters. The van der Waals surface area contributed by atoms with Crippen molar-refractivity contribution < 1.29 is 9.53 Å². The Balaban J connectivity index is 1.88. The second-order valence-corrected chi connectivity index (χ2v) is 3.60. The Bertz CT molecular complexity index is 212. The number of esters is 1. The van der Waals surface area contributed by atoms with E-state index in [0.717, 1.165) is 12.8 Å². The predicted molar refractivity (Wildman–Crippen MR) is 40.9 cm³/mol. The minimum absolute atomic E-state index is 0.0316. The molecule has 0 aromatic heterocycles. The van der Waals surface area contributed by atoms with Crippen LogP contribution in [0.2, 0.25) is 0 Å². The third-order valence-electron chi connectivity index (χ3n) is 2.84. The van der Waals surface area contributed by atoms with E-state index in [2.05, 4.69) is 16.9 Å². The number of hydrogen-bond donors (Lipinski definition) is 0. The van der Waals surface area contributed by atoms with Gasteiger partial charge in [0.15, 0.2) is 0 Å². The zero-order valence-corrected chi connectivity index (χ0v) is 6.67. The molecule has 2 aliphatic carbocycles. The highest BCUT2D eigenvalue weighted by atomic mass is 16.5. The third kappa shape index (κ3) is 0.889. The molecule has 1 spiro atoms. The molecule has 0 aromatic rings. The van der Waals surface area contributed by atoms with Gasteiger partial charge < -0.3 is 4.74 Å². The highest BCUT2D eigenvalue weighted by Gasteiger charge is 2.48. The van der Waals surface area contributed by atoms with Gasteiger partial charge in [0.2, 0.25) is 0 Å². The van der Waals surface area contributed by atoms with Crippen LogP contribution in [0.5, 0.6) is 0 Å². The Labute approximate surface area is 66.2 Å². The quantitative estimate of drug-likeness (QED) is 0.420. The fourth-order valence-electron chi connectivity index (χ4n) is 2.01. The van der Waals surface area contributed by atoms with Crippen LogP contribution < -0.4 is 0 Å². The lowest BCUT2D eigenvalue weighted by atomic mass is 9.56. The average molecular weight is 152 g/mol. The van der Waals surface area contributed by atoms with Crippen LogP contribution in [0.15, 0.2) is 12.2 Å². The van der Waals surface area contributed by atoms with E-state index < -0.39 is 0 Å². The van der Waals surface area contributed by atoms with E-state index in [9.17, 15) is 4.79 Å². The van der Waals surface area contributed by atoms with Gasteiger partial charge in [-0.3, -0.25) is 4.79 Å². The fraction of sp³-hybridized carbons (Fsp3) is 0.667. The van der Waals surface area contributed by atoms with Gasteiger partial charge in [-0.25, -0.2) is 0 Å². The van der Waals surface area contributed by atoms with Gasteiger partial charge in [-0.05, 0) is 24.7 Å². The molecule has 0 N–H and O–H groups in total. The lowest BCUT2D eigenvalue weighted by Gasteiger charge is -2.48. The molecule has 2 heteroatoms. The second-order valence-electron chi connectivity index (χ2n) is 3.60. The molecule has 0 saturated heterocycles. The van der Waals surface area contributed by atoms with Crippen LogP contribution in [-0.4, -0.2) is 13.1 Å². The van der Waals surface area contributed by atoms with E-state index in [4.69, 9.17) is 0 Å². The van der Waals surface area contributed by atoms with Crippen molar-refractivity contribution in [2.24, 2.45) is 11.3 Å². The minimum Gasteiger partial charge on any atom is -0.469 e. The van der Waals surface area contributed by atoms with Gasteiger partial charge in [0, 0.05) is 0 Å². The lowest BCUT2D eigenvalue weighted by molar-refractivity contribution is -0.152. The maximum atomic E-state index is 11.0. The van der Waals surface area contributed by atoms with Crippen LogP contribution in [0, 0.1) is 11.3 Å². The summed E-state index contributed by atoms with van der Waals surface area (Å²) in [7, 11) is 1.46. The molecule has 2 rings (SSSR count). The standard InChI is InChI=1S/C9H12O2/c1-11-8(10)7-5-9(6-7)3-2-4-9/h2-3,7H,4-6H2,1H3. The summed E-state index contributed by atoms with van der Waals surface area (Å²) >= 11 is 0. The number of allylic oxidation sites excluding steroid dienone is 2. The van der Waals surface area contributed by atoms with Gasteiger partial charge in [0.1, 0.15) is 0 Å². The summed E-state index contributed by atoms with van der Waals surface area (Å²) < 4.78 is 4.65. The van der Waals surface area contributed by atoms with Crippen molar-refractivity contribution in [2.45, 2.75) is 19.3 Å². The van der Waals surface area contributed by atoms with Crippen molar-refractivity contribution in [3.63, 3.8) is 0 Å². The lowest BCUT2D eigenvalue weighted by Crippen LogP contribution is -2.42. The SMILES string of the molecule is COC(=O)C1CC2(C=CC2)C1. The van der Waals surface area contributed by atoms with E-state index in [0.29, 0.717) is 5.41 Å². The van der Waals surface area contributed by atoms with Gasteiger partial charge in [-0.2, -0.15) is 0 Å². The summed E-state index contributed by atoms with van der Waals surface area (Å²) in [6.45, 7) is 0. The van der Waals surface area contributed by atoms with E-state index in [1.165, 1.54) is 13.5 Å². The average Bonchev–Trinajstić information content (AvgIpc) is 1.81. The second kappa shape index (κ2) is 2.10. The van der Waals surface area contributed by atoms with Crippen LogP contribution in [0.25, 0.3) is 0 Å². The molecular formula is C9H12O2. The molecule has 0 aliphatic heterocycles. The van der Waals surface area contributed by atoms with Crippen molar-refractivity contribution >= 4 is 5.97 Å². The maximum Gasteiger partial charge on any atom is 0.308 e. The van der Waals surface area contributed by atoms with E-state index in [-0.39, 0.29) is 11.9 Å². The molecule has 0 aromatic carbocycles. The molecule has 0 amide bonds. The van der Waals surface area contributed by atoms with Crippen molar-refractivity contribution in [2.75, 3.05) is 7.11 Å². The molecule has 0 radical (unpaired) electrons. The molecule has 60 valence electrons. The summed E-state index contributed by atoms with van der Waals surface area (Å²) in [6.07, 6.45) is 7.59. The number of hydrogen-bond acceptors (Lipinski definition) is 2. The molecule has 0 unspecified atom stereocenters. The van der Waals surface area contributed by atoms with Gasteiger partial charge in [0.05, 0.1) is 13.0 Å². The zero-order valence-electron chi connectivity index (χ0n) is 6.67. The van der Waals surface area contributed by atoms with Crippen LogP contribution >= 0.6 is 0 Å².